The second-order valence-corrected chi connectivity index (χ2v) is 14.2. The Bertz CT molecular complexity index is 1370. The predicted molar refractivity (Wildman–Crippen MR) is 207 cm³/mol. The molecule has 2 atom stereocenters. The SMILES string of the molecule is CCCCCCCCCCCCC1(OCCCCCCCCCC)C=CC(c2ccc(-c3ccc(-c4ccccc4)cc3)cc2)=C(F)C1F. The molecule has 3 aromatic carbocycles. The molecule has 0 radical (unpaired) electrons. The molecular weight excluding hydrogens is 607 g/mol. The highest BCUT2D eigenvalue weighted by Crippen LogP contribution is 2.41. The van der Waals surface area contributed by atoms with Crippen LogP contribution in [0, 0.1) is 0 Å². The number of rotatable bonds is 24. The zero-order valence-corrected chi connectivity index (χ0v) is 30.5. The summed E-state index contributed by atoms with van der Waals surface area (Å²) in [6.07, 6.45) is 24.0. The summed E-state index contributed by atoms with van der Waals surface area (Å²) in [6, 6.07) is 26.6. The van der Waals surface area contributed by atoms with E-state index in [2.05, 4.69) is 50.2 Å². The molecule has 0 spiro atoms. The average Bonchev–Trinajstić information content (AvgIpc) is 3.14. The van der Waals surface area contributed by atoms with Gasteiger partial charge >= 0.3 is 0 Å². The second kappa shape index (κ2) is 21.9. The van der Waals surface area contributed by atoms with Gasteiger partial charge in [-0.2, -0.15) is 0 Å². The summed E-state index contributed by atoms with van der Waals surface area (Å²) in [7, 11) is 0. The minimum absolute atomic E-state index is 0.327. The molecule has 0 fully saturated rings. The van der Waals surface area contributed by atoms with Gasteiger partial charge in [0.2, 0.25) is 0 Å². The number of ether oxygens (including phenoxy) is 1. The van der Waals surface area contributed by atoms with Gasteiger partial charge in [0.05, 0.1) is 0 Å². The van der Waals surface area contributed by atoms with Crippen LogP contribution >= 0.6 is 0 Å². The van der Waals surface area contributed by atoms with E-state index in [-0.39, 0.29) is 0 Å². The van der Waals surface area contributed by atoms with Crippen LogP contribution in [0.1, 0.15) is 141 Å². The summed E-state index contributed by atoms with van der Waals surface area (Å²) in [4.78, 5) is 0. The Hall–Kier alpha value is -3.04. The van der Waals surface area contributed by atoms with Crippen molar-refractivity contribution in [2.24, 2.45) is 0 Å². The van der Waals surface area contributed by atoms with Gasteiger partial charge in [0.1, 0.15) is 11.4 Å². The first kappa shape index (κ1) is 38.8. The third-order valence-corrected chi connectivity index (χ3v) is 10.3. The van der Waals surface area contributed by atoms with Crippen LogP contribution in [0.15, 0.2) is 96.8 Å². The van der Waals surface area contributed by atoms with Crippen molar-refractivity contribution < 1.29 is 13.5 Å². The summed E-state index contributed by atoms with van der Waals surface area (Å²) in [5.41, 5.74) is 4.28. The zero-order valence-electron chi connectivity index (χ0n) is 30.5. The molecule has 0 bridgehead atoms. The number of halogens is 2. The number of benzene rings is 3. The summed E-state index contributed by atoms with van der Waals surface area (Å²) in [5.74, 6) is -0.703. The number of hydrogen-bond acceptors (Lipinski definition) is 1. The van der Waals surface area contributed by atoms with Crippen molar-refractivity contribution in [3.05, 3.63) is 102 Å². The third kappa shape index (κ3) is 12.4. The summed E-state index contributed by atoms with van der Waals surface area (Å²) in [5, 5.41) is 0. The van der Waals surface area contributed by atoms with E-state index >= 15 is 8.78 Å². The van der Waals surface area contributed by atoms with Gasteiger partial charge in [0.25, 0.3) is 0 Å². The molecule has 1 aliphatic rings. The Morgan fingerprint density at radius 3 is 1.41 bits per heavy atom. The second-order valence-electron chi connectivity index (χ2n) is 14.2. The van der Waals surface area contributed by atoms with Crippen LogP contribution in [0.5, 0.6) is 0 Å². The Balaban J connectivity index is 1.35. The van der Waals surface area contributed by atoms with Gasteiger partial charge in [-0.1, -0.05) is 208 Å². The minimum Gasteiger partial charge on any atom is -0.367 e. The van der Waals surface area contributed by atoms with Crippen LogP contribution in [-0.4, -0.2) is 18.4 Å². The lowest BCUT2D eigenvalue weighted by Crippen LogP contribution is -2.43. The van der Waals surface area contributed by atoms with E-state index < -0.39 is 17.6 Å². The van der Waals surface area contributed by atoms with Gasteiger partial charge in [0, 0.05) is 12.2 Å². The van der Waals surface area contributed by atoms with E-state index in [1.54, 1.807) is 6.08 Å². The fraction of sp³-hybridized carbons (Fsp3) is 0.522. The lowest BCUT2D eigenvalue weighted by molar-refractivity contribution is -0.0652. The Labute approximate surface area is 297 Å². The molecule has 0 saturated heterocycles. The maximum absolute atomic E-state index is 16.3. The largest absolute Gasteiger partial charge is 0.367 e. The fourth-order valence-corrected chi connectivity index (χ4v) is 7.09. The lowest BCUT2D eigenvalue weighted by Gasteiger charge is -2.36. The van der Waals surface area contributed by atoms with Gasteiger partial charge < -0.3 is 4.74 Å². The molecule has 0 aromatic heterocycles. The average molecular weight is 669 g/mol. The topological polar surface area (TPSA) is 9.23 Å². The van der Waals surface area contributed by atoms with E-state index in [9.17, 15) is 0 Å². The van der Waals surface area contributed by atoms with Crippen molar-refractivity contribution >= 4 is 5.57 Å². The molecule has 0 N–H and O–H groups in total. The fourth-order valence-electron chi connectivity index (χ4n) is 7.09. The number of hydrogen-bond donors (Lipinski definition) is 0. The zero-order chi connectivity index (χ0) is 34.6. The highest BCUT2D eigenvalue weighted by Gasteiger charge is 2.44. The third-order valence-electron chi connectivity index (χ3n) is 10.3. The van der Waals surface area contributed by atoms with Crippen LogP contribution in [0.3, 0.4) is 0 Å². The molecule has 0 amide bonds. The molecule has 0 heterocycles. The Morgan fingerprint density at radius 1 is 0.510 bits per heavy atom. The monoisotopic (exact) mass is 668 g/mol. The van der Waals surface area contributed by atoms with Crippen molar-refractivity contribution in [2.75, 3.05) is 6.61 Å². The van der Waals surface area contributed by atoms with E-state index in [1.165, 1.54) is 94.6 Å². The van der Waals surface area contributed by atoms with E-state index in [4.69, 9.17) is 4.74 Å². The van der Waals surface area contributed by atoms with Crippen LogP contribution < -0.4 is 0 Å². The van der Waals surface area contributed by atoms with Crippen LogP contribution in [0.25, 0.3) is 27.8 Å². The molecule has 4 rings (SSSR count). The molecule has 1 aliphatic carbocycles. The van der Waals surface area contributed by atoms with Gasteiger partial charge in [-0.25, -0.2) is 8.78 Å². The van der Waals surface area contributed by atoms with Crippen molar-refractivity contribution in [1.29, 1.82) is 0 Å². The van der Waals surface area contributed by atoms with Crippen molar-refractivity contribution in [1.82, 2.24) is 0 Å². The van der Waals surface area contributed by atoms with Crippen LogP contribution in [-0.2, 0) is 4.74 Å². The number of allylic oxidation sites excluding steroid dienone is 2. The summed E-state index contributed by atoms with van der Waals surface area (Å²) in [6.45, 7) is 4.96. The maximum Gasteiger partial charge on any atom is 0.184 e. The first-order chi connectivity index (χ1) is 24.1. The minimum atomic E-state index is -1.80. The molecule has 266 valence electrons. The van der Waals surface area contributed by atoms with E-state index in [0.29, 0.717) is 24.2 Å². The van der Waals surface area contributed by atoms with E-state index in [1.807, 2.05) is 48.5 Å². The molecule has 2 unspecified atom stereocenters. The highest BCUT2D eigenvalue weighted by molar-refractivity contribution is 5.80. The molecule has 3 aromatic rings. The lowest BCUT2D eigenvalue weighted by atomic mass is 9.82. The maximum atomic E-state index is 16.3. The first-order valence-electron chi connectivity index (χ1n) is 19.7. The van der Waals surface area contributed by atoms with Gasteiger partial charge in [-0.05, 0) is 46.7 Å². The van der Waals surface area contributed by atoms with Gasteiger partial charge in [0.15, 0.2) is 6.17 Å². The van der Waals surface area contributed by atoms with E-state index in [0.717, 1.165) is 43.2 Å². The quantitative estimate of drug-likeness (QED) is 0.0863. The standard InChI is InChI=1S/C46H62F2O/c1-3-5-7-9-11-13-14-15-17-22-35-46(49-37-23-18-16-12-10-8-6-4-2)36-34-43(44(47)45(46)48)42-32-30-41(31-33-42)40-28-26-39(27-29-40)38-24-20-19-21-25-38/h19-21,24-34,36,45H,3-18,22-23,35,37H2,1-2H3. The smallest absolute Gasteiger partial charge is 0.184 e. The molecule has 0 aliphatic heterocycles. The normalized spacial score (nSPS) is 17.6. The highest BCUT2D eigenvalue weighted by atomic mass is 19.2. The Morgan fingerprint density at radius 2 is 0.918 bits per heavy atom. The predicted octanol–water partition coefficient (Wildman–Crippen LogP) is 14.8. The van der Waals surface area contributed by atoms with Crippen LogP contribution in [0.4, 0.5) is 8.78 Å². The number of alkyl halides is 1. The first-order valence-corrected chi connectivity index (χ1v) is 19.7. The van der Waals surface area contributed by atoms with Crippen molar-refractivity contribution in [2.45, 2.75) is 148 Å². The summed E-state index contributed by atoms with van der Waals surface area (Å²) >= 11 is 0. The van der Waals surface area contributed by atoms with Crippen LogP contribution in [0.2, 0.25) is 0 Å². The molecular formula is C46H62F2O. The van der Waals surface area contributed by atoms with Crippen molar-refractivity contribution in [3.8, 4) is 22.3 Å². The summed E-state index contributed by atoms with van der Waals surface area (Å²) < 4.78 is 38.6. The molecule has 3 heteroatoms. The molecule has 0 saturated carbocycles. The van der Waals surface area contributed by atoms with Crippen molar-refractivity contribution in [3.63, 3.8) is 0 Å². The molecule has 49 heavy (non-hydrogen) atoms. The Kier molecular flexibility index (Phi) is 17.3. The van der Waals surface area contributed by atoms with Gasteiger partial charge in [-0.15, -0.1) is 0 Å². The number of unbranched alkanes of at least 4 members (excludes halogenated alkanes) is 16. The molecule has 1 nitrogen and oxygen atoms in total. The van der Waals surface area contributed by atoms with Gasteiger partial charge in [-0.3, -0.25) is 0 Å².